The molecule has 0 rings (SSSR count). The summed E-state index contributed by atoms with van der Waals surface area (Å²) in [5.74, 6) is 0. The molecule has 0 aromatic rings. The molecule has 4 nitrogen and oxygen atoms in total. The minimum absolute atomic E-state index is 0. The van der Waals surface area contributed by atoms with Gasteiger partial charge in [0, 0.05) is 32.3 Å². The van der Waals surface area contributed by atoms with Crippen molar-refractivity contribution in [1.82, 2.24) is 0 Å². The van der Waals surface area contributed by atoms with Crippen LogP contribution in [0.2, 0.25) is 6.04 Å². The van der Waals surface area contributed by atoms with Crippen molar-refractivity contribution < 1.29 is 41.7 Å². The van der Waals surface area contributed by atoms with Crippen LogP contribution in [0.15, 0.2) is 0 Å². The first kappa shape index (κ1) is 21.1. The second-order valence-electron chi connectivity index (χ2n) is 5.10. The van der Waals surface area contributed by atoms with E-state index >= 15 is 0 Å². The molecule has 0 bridgehead atoms. The molecule has 0 radical (unpaired) electrons. The summed E-state index contributed by atoms with van der Waals surface area (Å²) in [6.45, 7) is 9.10. The molecular weight excluding hydrogens is 361 g/mol. The zero-order valence-electron chi connectivity index (χ0n) is 12.8. The number of quaternary nitrogens is 1. The number of halogens is 1. The topological polar surface area (TPSA) is 27.7 Å². The van der Waals surface area contributed by atoms with Crippen molar-refractivity contribution in [3.63, 3.8) is 0 Å². The van der Waals surface area contributed by atoms with Gasteiger partial charge in [-0.15, -0.1) is 0 Å². The molecule has 0 aliphatic carbocycles. The summed E-state index contributed by atoms with van der Waals surface area (Å²) in [4.78, 5) is 0. The van der Waals surface area contributed by atoms with E-state index in [-0.39, 0.29) is 24.0 Å². The van der Waals surface area contributed by atoms with Crippen LogP contribution in [-0.2, 0) is 13.3 Å². The molecule has 0 saturated heterocycles. The lowest BCUT2D eigenvalue weighted by Gasteiger charge is -2.30. The van der Waals surface area contributed by atoms with Crippen LogP contribution in [0.25, 0.3) is 0 Å². The summed E-state index contributed by atoms with van der Waals surface area (Å²) in [5.41, 5.74) is 0. The molecule has 0 aliphatic rings. The molecule has 18 heavy (non-hydrogen) atoms. The Hall–Kier alpha value is 0.787. The van der Waals surface area contributed by atoms with E-state index in [0.717, 1.165) is 23.5 Å². The van der Waals surface area contributed by atoms with Crippen molar-refractivity contribution >= 4 is 8.80 Å². The van der Waals surface area contributed by atoms with Crippen molar-refractivity contribution in [2.24, 2.45) is 0 Å². The third-order valence-corrected chi connectivity index (χ3v) is 5.56. The first-order valence-electron chi connectivity index (χ1n) is 6.61. The molecule has 0 aliphatic heterocycles. The van der Waals surface area contributed by atoms with Gasteiger partial charge in [-0.25, -0.2) is 0 Å². The number of hydrogen-bond acceptors (Lipinski definition) is 3. The lowest BCUT2D eigenvalue weighted by atomic mass is 10.4. The molecule has 0 spiro atoms. The zero-order valence-corrected chi connectivity index (χ0v) is 16.0. The maximum Gasteiger partial charge on any atom is 0.501 e. The van der Waals surface area contributed by atoms with Crippen molar-refractivity contribution in [3.05, 3.63) is 0 Å². The van der Waals surface area contributed by atoms with Crippen LogP contribution in [0.1, 0.15) is 27.2 Å². The predicted octanol–water partition coefficient (Wildman–Crippen LogP) is -0.865. The van der Waals surface area contributed by atoms with E-state index in [1.54, 1.807) is 0 Å². The fourth-order valence-corrected chi connectivity index (χ4v) is 4.36. The van der Waals surface area contributed by atoms with Gasteiger partial charge in [-0.05, 0) is 20.8 Å². The highest BCUT2D eigenvalue weighted by Crippen LogP contribution is 2.18. The lowest BCUT2D eigenvalue weighted by Crippen LogP contribution is -3.00. The largest absolute Gasteiger partial charge is 1.00 e. The molecule has 112 valence electrons. The summed E-state index contributed by atoms with van der Waals surface area (Å²) in [6.07, 6.45) is 1.08. The van der Waals surface area contributed by atoms with Crippen LogP contribution in [-0.4, -0.2) is 60.8 Å². The Morgan fingerprint density at radius 1 is 0.833 bits per heavy atom. The second kappa shape index (κ2) is 10.6. The van der Waals surface area contributed by atoms with E-state index in [1.165, 1.54) is 0 Å². The predicted molar refractivity (Wildman–Crippen MR) is 73.0 cm³/mol. The number of rotatable bonds is 10. The Balaban J connectivity index is 0. The molecule has 0 amide bonds. The van der Waals surface area contributed by atoms with E-state index in [1.807, 2.05) is 20.8 Å². The third-order valence-electron chi connectivity index (χ3n) is 2.40. The van der Waals surface area contributed by atoms with E-state index < -0.39 is 8.80 Å². The molecule has 0 saturated carbocycles. The first-order chi connectivity index (χ1) is 7.89. The van der Waals surface area contributed by atoms with Gasteiger partial charge >= 0.3 is 8.80 Å². The highest BCUT2D eigenvalue weighted by Gasteiger charge is 2.40. The van der Waals surface area contributed by atoms with Gasteiger partial charge in [-0.1, -0.05) is 0 Å². The van der Waals surface area contributed by atoms with Crippen LogP contribution in [0, 0.1) is 0 Å². The summed E-state index contributed by atoms with van der Waals surface area (Å²) in [5, 5.41) is 0. The van der Waals surface area contributed by atoms with E-state index in [9.17, 15) is 0 Å². The van der Waals surface area contributed by atoms with Gasteiger partial charge in [0.2, 0.25) is 0 Å². The fraction of sp³-hybridized carbons (Fsp3) is 1.00. The zero-order chi connectivity index (χ0) is 13.4. The molecule has 0 atom stereocenters. The van der Waals surface area contributed by atoms with Crippen LogP contribution < -0.4 is 24.0 Å². The Labute approximate surface area is 131 Å². The summed E-state index contributed by atoms with van der Waals surface area (Å²) < 4.78 is 18.4. The normalized spacial score (nSPS) is 12.3. The van der Waals surface area contributed by atoms with Crippen molar-refractivity contribution in [3.8, 4) is 0 Å². The van der Waals surface area contributed by atoms with Gasteiger partial charge in [0.1, 0.15) is 0 Å². The number of nitrogens with zero attached hydrogens (tertiary/aromatic N) is 1. The fourth-order valence-electron chi connectivity index (χ4n) is 1.77. The molecule has 0 unspecified atom stereocenters. The lowest BCUT2D eigenvalue weighted by molar-refractivity contribution is -0.870. The molecule has 6 heteroatoms. The average molecular weight is 391 g/mol. The first-order valence-corrected chi connectivity index (χ1v) is 8.54. The van der Waals surface area contributed by atoms with E-state index in [0.29, 0.717) is 19.8 Å². The molecule has 0 aromatic heterocycles. The summed E-state index contributed by atoms with van der Waals surface area (Å²) in [6, 6.07) is 0.915. The maximum atomic E-state index is 5.81. The van der Waals surface area contributed by atoms with Crippen LogP contribution in [0.3, 0.4) is 0 Å². The molecule has 0 N–H and O–H groups in total. The summed E-state index contributed by atoms with van der Waals surface area (Å²) in [7, 11) is 4.19. The average Bonchev–Trinajstić information content (AvgIpc) is 2.16. The Morgan fingerprint density at radius 3 is 1.50 bits per heavy atom. The minimum atomic E-state index is -2.41. The quantitative estimate of drug-likeness (QED) is 0.276. The van der Waals surface area contributed by atoms with E-state index in [2.05, 4.69) is 21.1 Å². The van der Waals surface area contributed by atoms with Gasteiger partial charge in [0.05, 0.1) is 27.7 Å². The molecule has 0 fully saturated rings. The minimum Gasteiger partial charge on any atom is -1.00 e. The highest BCUT2D eigenvalue weighted by atomic mass is 127. The van der Waals surface area contributed by atoms with Crippen LogP contribution >= 0.6 is 0 Å². The standard InChI is InChI=1S/C12H30NO3Si.HI/c1-7-14-17(15-8-2,16-9-3)12-10-11-13(4,5)6;/h7-12H2,1-6H3;1H/q+1;/p-1. The van der Waals surface area contributed by atoms with Gasteiger partial charge in [0.15, 0.2) is 0 Å². The maximum absolute atomic E-state index is 5.81. The Morgan fingerprint density at radius 2 is 1.22 bits per heavy atom. The van der Waals surface area contributed by atoms with Crippen LogP contribution in [0.5, 0.6) is 0 Å². The van der Waals surface area contributed by atoms with Crippen molar-refractivity contribution in [2.45, 2.75) is 33.2 Å². The van der Waals surface area contributed by atoms with Gasteiger partial charge < -0.3 is 41.7 Å². The van der Waals surface area contributed by atoms with Crippen molar-refractivity contribution in [2.75, 3.05) is 47.5 Å². The number of hydrogen-bond donors (Lipinski definition) is 0. The van der Waals surface area contributed by atoms with Crippen molar-refractivity contribution in [1.29, 1.82) is 0 Å². The Bertz CT molecular complexity index is 183. The molecule has 0 aromatic carbocycles. The van der Waals surface area contributed by atoms with Crippen LogP contribution in [0.4, 0.5) is 0 Å². The SMILES string of the molecule is CCO[Si](CCC[N+](C)(C)C)(OCC)OCC.[I-]. The third kappa shape index (κ3) is 9.68. The molecule has 0 heterocycles. The molecular formula is C12H30INO3Si. The van der Waals surface area contributed by atoms with Gasteiger partial charge in [0.25, 0.3) is 0 Å². The van der Waals surface area contributed by atoms with Gasteiger partial charge in [-0.3, -0.25) is 0 Å². The monoisotopic (exact) mass is 391 g/mol. The summed E-state index contributed by atoms with van der Waals surface area (Å²) >= 11 is 0. The van der Waals surface area contributed by atoms with E-state index in [4.69, 9.17) is 13.3 Å². The smallest absolute Gasteiger partial charge is 0.501 e. The second-order valence-corrected chi connectivity index (χ2v) is 7.83. The highest BCUT2D eigenvalue weighted by molar-refractivity contribution is 6.60. The Kier molecular flexibility index (Phi) is 12.4. The van der Waals surface area contributed by atoms with Gasteiger partial charge in [-0.2, -0.15) is 0 Å².